The topological polar surface area (TPSA) is 74.5 Å². The molecule has 1 N–H and O–H groups in total. The Balaban J connectivity index is 1.31. The van der Waals surface area contributed by atoms with Crippen LogP contribution < -0.4 is 5.32 Å². The third kappa shape index (κ3) is 6.57. The predicted molar refractivity (Wildman–Crippen MR) is 97.9 cm³/mol. The molecule has 11 heteroatoms. The minimum absolute atomic E-state index is 0.00258. The van der Waals surface area contributed by atoms with Crippen molar-refractivity contribution in [1.29, 1.82) is 0 Å². The molecule has 1 aliphatic heterocycles. The summed E-state index contributed by atoms with van der Waals surface area (Å²) in [6.45, 7) is 2.44. The minimum atomic E-state index is -4.38. The number of hydrogen-bond acceptors (Lipinski definition) is 7. The molecule has 2 aromatic rings. The van der Waals surface area contributed by atoms with Gasteiger partial charge in [0.1, 0.15) is 6.54 Å². The van der Waals surface area contributed by atoms with E-state index in [1.807, 2.05) is 27.7 Å². The van der Waals surface area contributed by atoms with Gasteiger partial charge in [0.25, 0.3) is 0 Å². The normalized spacial score (nSPS) is 16.4. The fraction of sp³-hybridized carbons (Fsp3) is 0.588. The molecule has 3 rings (SSSR count). The van der Waals surface area contributed by atoms with Crippen molar-refractivity contribution in [2.45, 2.75) is 19.0 Å². The summed E-state index contributed by atoms with van der Waals surface area (Å²) in [5, 5.41) is 7.85. The van der Waals surface area contributed by atoms with Gasteiger partial charge in [0, 0.05) is 32.6 Å². The fourth-order valence-electron chi connectivity index (χ4n) is 2.94. The summed E-state index contributed by atoms with van der Waals surface area (Å²) >= 11 is 1.56. The number of hydrogen-bond donors (Lipinski definition) is 1. The van der Waals surface area contributed by atoms with Gasteiger partial charge in [-0.05, 0) is 24.4 Å². The van der Waals surface area contributed by atoms with Gasteiger partial charge >= 0.3 is 6.18 Å². The van der Waals surface area contributed by atoms with E-state index in [2.05, 4.69) is 15.0 Å². The number of aryl methyl sites for hydroxylation is 1. The monoisotopic (exact) mass is 417 g/mol. The molecular formula is C17H22F3N5O2S. The summed E-state index contributed by atoms with van der Waals surface area (Å²) in [5.74, 6) is 0.634. The van der Waals surface area contributed by atoms with Crippen LogP contribution in [0.5, 0.6) is 0 Å². The maximum Gasteiger partial charge on any atom is 0.405 e. The Morgan fingerprint density at radius 1 is 1.25 bits per heavy atom. The Hall–Kier alpha value is -1.98. The average molecular weight is 417 g/mol. The van der Waals surface area contributed by atoms with Crippen LogP contribution in [0.1, 0.15) is 12.3 Å². The van der Waals surface area contributed by atoms with Gasteiger partial charge in [-0.2, -0.15) is 18.2 Å². The number of piperazine rings is 1. The molecule has 1 fully saturated rings. The molecule has 3 heterocycles. The zero-order valence-corrected chi connectivity index (χ0v) is 16.1. The molecule has 2 aromatic heterocycles. The molecule has 0 aromatic carbocycles. The Labute approximate surface area is 164 Å². The van der Waals surface area contributed by atoms with Crippen LogP contribution in [0.25, 0.3) is 10.7 Å². The van der Waals surface area contributed by atoms with Crippen LogP contribution in [0.4, 0.5) is 13.2 Å². The van der Waals surface area contributed by atoms with E-state index in [9.17, 15) is 18.0 Å². The average Bonchev–Trinajstić information content (AvgIpc) is 3.32. The largest absolute Gasteiger partial charge is 0.405 e. The van der Waals surface area contributed by atoms with Gasteiger partial charge in [0.15, 0.2) is 0 Å². The molecule has 0 unspecified atom stereocenters. The third-order valence-electron chi connectivity index (χ3n) is 4.39. The quantitative estimate of drug-likeness (QED) is 0.709. The second-order valence-electron chi connectivity index (χ2n) is 6.60. The lowest BCUT2D eigenvalue weighted by atomic mass is 10.2. The molecule has 0 spiro atoms. The molecule has 154 valence electrons. The van der Waals surface area contributed by atoms with Gasteiger partial charge < -0.3 is 14.7 Å². The summed E-state index contributed by atoms with van der Waals surface area (Å²) in [4.78, 5) is 21.1. The Bertz CT molecular complexity index is 742. The van der Waals surface area contributed by atoms with Crippen LogP contribution in [0.3, 0.4) is 0 Å². The Morgan fingerprint density at radius 2 is 2.00 bits per heavy atom. The molecule has 28 heavy (non-hydrogen) atoms. The lowest BCUT2D eigenvalue weighted by molar-refractivity contribution is -0.139. The summed E-state index contributed by atoms with van der Waals surface area (Å²) < 4.78 is 41.6. The van der Waals surface area contributed by atoms with Crippen LogP contribution in [0.2, 0.25) is 0 Å². The van der Waals surface area contributed by atoms with Crippen molar-refractivity contribution < 1.29 is 22.5 Å². The van der Waals surface area contributed by atoms with Crippen molar-refractivity contribution in [3.05, 3.63) is 23.4 Å². The smallest absolute Gasteiger partial charge is 0.346 e. The first-order valence-electron chi connectivity index (χ1n) is 9.04. The van der Waals surface area contributed by atoms with Gasteiger partial charge in [-0.25, -0.2) is 0 Å². The second kappa shape index (κ2) is 9.48. The van der Waals surface area contributed by atoms with Crippen molar-refractivity contribution in [1.82, 2.24) is 25.3 Å². The maximum absolute atomic E-state index is 12.1. The third-order valence-corrected chi connectivity index (χ3v) is 5.26. The molecule has 0 radical (unpaired) electrons. The number of nitrogens with zero attached hydrogens (tertiary/aromatic N) is 4. The second-order valence-corrected chi connectivity index (χ2v) is 7.55. The van der Waals surface area contributed by atoms with Crippen molar-refractivity contribution in [2.24, 2.45) is 0 Å². The Morgan fingerprint density at radius 3 is 2.68 bits per heavy atom. The number of amides is 1. The highest BCUT2D eigenvalue weighted by Crippen LogP contribution is 2.21. The summed E-state index contributed by atoms with van der Waals surface area (Å²) in [5.41, 5.74) is 0. The van der Waals surface area contributed by atoms with E-state index in [1.54, 1.807) is 11.3 Å². The zero-order valence-electron chi connectivity index (χ0n) is 15.2. The standard InChI is InChI=1S/C17H22F3N5O2S/c18-17(19,20)12-21-14(26)11-25-8-6-24(7-9-25)5-1-4-15-22-16(23-27-15)13-3-2-10-28-13/h2-3,10H,1,4-9,11-12H2,(H,21,26). The van der Waals surface area contributed by atoms with Crippen LogP contribution in [0.15, 0.2) is 22.0 Å². The highest BCUT2D eigenvalue weighted by molar-refractivity contribution is 7.13. The van der Waals surface area contributed by atoms with Crippen molar-refractivity contribution >= 4 is 17.2 Å². The number of aromatic nitrogens is 2. The van der Waals surface area contributed by atoms with Gasteiger partial charge in [0.05, 0.1) is 11.4 Å². The van der Waals surface area contributed by atoms with E-state index in [0.717, 1.165) is 30.9 Å². The predicted octanol–water partition coefficient (Wildman–Crippen LogP) is 2.03. The van der Waals surface area contributed by atoms with E-state index in [0.29, 0.717) is 31.2 Å². The Kier molecular flexibility index (Phi) is 7.03. The first-order chi connectivity index (χ1) is 13.4. The van der Waals surface area contributed by atoms with E-state index in [-0.39, 0.29) is 6.54 Å². The molecule has 0 atom stereocenters. The summed E-state index contributed by atoms with van der Waals surface area (Å²) in [7, 11) is 0. The van der Waals surface area contributed by atoms with Crippen molar-refractivity contribution in [3.63, 3.8) is 0 Å². The van der Waals surface area contributed by atoms with Crippen LogP contribution >= 0.6 is 11.3 Å². The van der Waals surface area contributed by atoms with E-state index in [1.165, 1.54) is 0 Å². The summed E-state index contributed by atoms with van der Waals surface area (Å²) in [6.07, 6.45) is -2.81. The molecule has 0 aliphatic carbocycles. The lowest BCUT2D eigenvalue weighted by Gasteiger charge is -2.34. The molecule has 0 saturated carbocycles. The maximum atomic E-state index is 12.1. The number of halogens is 3. The van der Waals surface area contributed by atoms with E-state index < -0.39 is 18.6 Å². The first-order valence-corrected chi connectivity index (χ1v) is 9.91. The number of thiophene rings is 1. The van der Waals surface area contributed by atoms with Gasteiger partial charge in [-0.1, -0.05) is 11.2 Å². The SMILES string of the molecule is O=C(CN1CCN(CCCc2nc(-c3cccs3)no2)CC1)NCC(F)(F)F. The molecule has 0 bridgehead atoms. The first kappa shape index (κ1) is 20.7. The number of carbonyl (C=O) groups excluding carboxylic acids is 1. The molecule has 1 amide bonds. The number of rotatable bonds is 8. The number of nitrogens with one attached hydrogen (secondary N) is 1. The number of carbonyl (C=O) groups is 1. The van der Waals surface area contributed by atoms with E-state index in [4.69, 9.17) is 4.52 Å². The number of alkyl halides is 3. The van der Waals surface area contributed by atoms with Crippen molar-refractivity contribution in [3.8, 4) is 10.7 Å². The summed E-state index contributed by atoms with van der Waals surface area (Å²) in [6, 6.07) is 3.89. The zero-order chi connectivity index (χ0) is 20.0. The molecular weight excluding hydrogens is 395 g/mol. The van der Waals surface area contributed by atoms with Gasteiger partial charge in [-0.15, -0.1) is 11.3 Å². The minimum Gasteiger partial charge on any atom is -0.346 e. The molecule has 1 aliphatic rings. The fourth-order valence-corrected chi connectivity index (χ4v) is 3.59. The van der Waals surface area contributed by atoms with Crippen molar-refractivity contribution in [2.75, 3.05) is 45.8 Å². The molecule has 7 nitrogen and oxygen atoms in total. The van der Waals surface area contributed by atoms with E-state index >= 15 is 0 Å². The van der Waals surface area contributed by atoms with Crippen LogP contribution in [-0.4, -0.2) is 77.8 Å². The highest BCUT2D eigenvalue weighted by Gasteiger charge is 2.28. The highest BCUT2D eigenvalue weighted by atomic mass is 32.1. The lowest BCUT2D eigenvalue weighted by Crippen LogP contribution is -2.50. The van der Waals surface area contributed by atoms with Crippen LogP contribution in [0, 0.1) is 0 Å². The van der Waals surface area contributed by atoms with Crippen LogP contribution in [-0.2, 0) is 11.2 Å². The van der Waals surface area contributed by atoms with Gasteiger partial charge in [-0.3, -0.25) is 9.69 Å². The molecule has 1 saturated heterocycles. The van der Waals surface area contributed by atoms with Gasteiger partial charge in [0.2, 0.25) is 17.6 Å².